The minimum atomic E-state index is -3.96. The van der Waals surface area contributed by atoms with Gasteiger partial charge >= 0.3 is 19.9 Å². The second-order valence-corrected chi connectivity index (χ2v) is 9.98. The van der Waals surface area contributed by atoms with Crippen LogP contribution in [0.2, 0.25) is 0 Å². The van der Waals surface area contributed by atoms with Crippen LogP contribution in [0.15, 0.2) is 18.5 Å². The van der Waals surface area contributed by atoms with Crippen LogP contribution < -0.4 is 5.73 Å². The number of fused-ring (bicyclic) bond motifs is 1. The van der Waals surface area contributed by atoms with Crippen LogP contribution in [0.1, 0.15) is 46.2 Å². The van der Waals surface area contributed by atoms with Gasteiger partial charge in [0.1, 0.15) is 18.2 Å². The normalized spacial score (nSPS) is 11.7. The second-order valence-electron chi connectivity index (χ2n) is 7.99. The molecular weight excluding hydrogens is 499 g/mol. The molecule has 36 heavy (non-hydrogen) atoms. The number of aryl methyl sites for hydroxylation is 1. The van der Waals surface area contributed by atoms with Gasteiger partial charge in [-0.15, -0.1) is 0 Å². The van der Waals surface area contributed by atoms with Gasteiger partial charge in [0.25, 0.3) is 0 Å². The minimum Gasteiger partial charge on any atom is -0.432 e. The summed E-state index contributed by atoms with van der Waals surface area (Å²) >= 11 is 0. The number of rotatable bonds is 15. The molecule has 2 aromatic rings. The van der Waals surface area contributed by atoms with E-state index in [4.69, 9.17) is 38.5 Å². The van der Waals surface area contributed by atoms with Gasteiger partial charge in [0.2, 0.25) is 13.6 Å². The van der Waals surface area contributed by atoms with E-state index in [0.29, 0.717) is 18.7 Å². The van der Waals surface area contributed by atoms with Crippen molar-refractivity contribution in [3.05, 3.63) is 24.2 Å². The van der Waals surface area contributed by atoms with Crippen LogP contribution in [0.4, 0.5) is 15.4 Å². The maximum Gasteiger partial charge on any atom is 0.510 e. The largest absolute Gasteiger partial charge is 0.510 e. The number of nitrogen functional groups attached to an aromatic ring is 1. The molecule has 0 saturated heterocycles. The third-order valence-electron chi connectivity index (χ3n) is 4.30. The van der Waals surface area contributed by atoms with Gasteiger partial charge in [-0.2, -0.15) is 5.10 Å². The van der Waals surface area contributed by atoms with Crippen molar-refractivity contribution in [3.63, 3.8) is 0 Å². The summed E-state index contributed by atoms with van der Waals surface area (Å²) in [7, 11) is -3.96. The molecule has 0 aliphatic carbocycles. The third-order valence-corrected chi connectivity index (χ3v) is 5.79. The van der Waals surface area contributed by atoms with Crippen molar-refractivity contribution < 1.29 is 46.9 Å². The highest BCUT2D eigenvalue weighted by Crippen LogP contribution is 2.48. The molecule has 2 heterocycles. The Labute approximate surface area is 208 Å². The molecule has 2 aromatic heterocycles. The summed E-state index contributed by atoms with van der Waals surface area (Å²) in [5.74, 6) is 0.401. The molecule has 0 radical (unpaired) electrons. The number of ether oxygens (including phenoxy) is 5. The quantitative estimate of drug-likeness (QED) is 0.152. The predicted molar refractivity (Wildman–Crippen MR) is 126 cm³/mol. The molecule has 2 N–H and O–H groups in total. The van der Waals surface area contributed by atoms with Crippen LogP contribution >= 0.6 is 7.60 Å². The van der Waals surface area contributed by atoms with Crippen LogP contribution in [0.25, 0.3) is 5.52 Å². The fourth-order valence-electron chi connectivity index (χ4n) is 2.76. The molecule has 0 unspecified atom stereocenters. The van der Waals surface area contributed by atoms with E-state index in [0.717, 1.165) is 17.6 Å². The second kappa shape index (κ2) is 14.6. The van der Waals surface area contributed by atoms with Crippen molar-refractivity contribution in [1.82, 2.24) is 14.6 Å². The number of aromatic nitrogens is 3. The number of unbranched alkanes of at least 4 members (excludes halogenated alkanes) is 1. The first-order valence-corrected chi connectivity index (χ1v) is 13.0. The van der Waals surface area contributed by atoms with Gasteiger partial charge in [-0.25, -0.2) is 19.1 Å². The van der Waals surface area contributed by atoms with E-state index in [1.165, 1.54) is 6.33 Å². The number of anilines is 1. The molecule has 0 aromatic carbocycles. The lowest BCUT2D eigenvalue weighted by Gasteiger charge is -2.18. The van der Waals surface area contributed by atoms with Gasteiger partial charge in [-0.1, -0.05) is 0 Å². The first kappa shape index (κ1) is 29.3. The molecule has 14 nitrogen and oxygen atoms in total. The number of nitrogens with two attached hydrogens (primary N) is 1. The summed E-state index contributed by atoms with van der Waals surface area (Å²) in [4.78, 5) is 26.9. The van der Waals surface area contributed by atoms with Gasteiger partial charge in [0.15, 0.2) is 5.82 Å². The zero-order chi connectivity index (χ0) is 26.6. The van der Waals surface area contributed by atoms with E-state index in [1.54, 1.807) is 32.2 Å². The molecule has 0 aliphatic rings. The average molecular weight is 532 g/mol. The van der Waals surface area contributed by atoms with Gasteiger partial charge in [0.05, 0.1) is 12.2 Å². The van der Waals surface area contributed by atoms with Crippen LogP contribution in [-0.2, 0) is 43.7 Å². The number of hydrogen-bond donors (Lipinski definition) is 1. The molecule has 0 amide bonds. The highest BCUT2D eigenvalue weighted by atomic mass is 31.2. The van der Waals surface area contributed by atoms with E-state index in [1.807, 2.05) is 12.1 Å². The van der Waals surface area contributed by atoms with E-state index in [2.05, 4.69) is 10.1 Å². The minimum absolute atomic E-state index is 0.240. The number of carbonyl (C=O) groups excluding carboxylic acids is 2. The molecular formula is C21H33N4O10P. The smallest absolute Gasteiger partial charge is 0.432 e. The standard InChI is InChI=1S/C21H33N4O10P/c1-15(2)34-20(26)30-12-32-36(28,33-13-31-21(27)35-16(3)4)14-29-10-6-5-7-17-8-9-18-19(22)23-11-24-25(17)18/h8-9,11,15-16H,5-7,10,12-14H2,1-4H3,(H2,22,23,24). The maximum absolute atomic E-state index is 13.0. The Morgan fingerprint density at radius 1 is 1.00 bits per heavy atom. The summed E-state index contributed by atoms with van der Waals surface area (Å²) < 4.78 is 49.4. The Balaban J connectivity index is 1.78. The number of carbonyl (C=O) groups is 2. The van der Waals surface area contributed by atoms with Crippen molar-refractivity contribution >= 4 is 31.2 Å². The molecule has 0 spiro atoms. The Hall–Kier alpha value is -2.93. The van der Waals surface area contributed by atoms with Crippen molar-refractivity contribution in [2.75, 3.05) is 32.3 Å². The van der Waals surface area contributed by atoms with Crippen molar-refractivity contribution in [1.29, 1.82) is 0 Å². The molecule has 0 fully saturated rings. The van der Waals surface area contributed by atoms with E-state index >= 15 is 0 Å². The van der Waals surface area contributed by atoms with Gasteiger partial charge in [-0.05, 0) is 59.1 Å². The molecule has 202 valence electrons. The molecule has 0 aliphatic heterocycles. The first-order chi connectivity index (χ1) is 17.1. The lowest BCUT2D eigenvalue weighted by Crippen LogP contribution is -2.17. The van der Waals surface area contributed by atoms with E-state index in [-0.39, 0.29) is 6.61 Å². The highest BCUT2D eigenvalue weighted by Gasteiger charge is 2.27. The topological polar surface area (TPSA) is 172 Å². The molecule has 0 bridgehead atoms. The number of hydrogen-bond acceptors (Lipinski definition) is 13. The van der Waals surface area contributed by atoms with Gasteiger partial charge in [-0.3, -0.25) is 13.6 Å². The summed E-state index contributed by atoms with van der Waals surface area (Å²) in [5.41, 5.74) is 7.54. The fourth-order valence-corrected chi connectivity index (χ4v) is 3.76. The first-order valence-electron chi connectivity index (χ1n) is 11.3. The number of nitrogens with zero attached hydrogens (tertiary/aromatic N) is 3. The van der Waals surface area contributed by atoms with Crippen LogP contribution in [0.5, 0.6) is 0 Å². The fraction of sp³-hybridized carbons (Fsp3) is 0.619. The zero-order valence-electron chi connectivity index (χ0n) is 20.8. The molecule has 15 heteroatoms. The highest BCUT2D eigenvalue weighted by molar-refractivity contribution is 7.53. The van der Waals surface area contributed by atoms with Gasteiger partial charge < -0.3 is 29.4 Å². The van der Waals surface area contributed by atoms with Crippen LogP contribution in [0.3, 0.4) is 0 Å². The Morgan fingerprint density at radius 3 is 2.19 bits per heavy atom. The Bertz CT molecular complexity index is 997. The Morgan fingerprint density at radius 2 is 1.61 bits per heavy atom. The summed E-state index contributed by atoms with van der Waals surface area (Å²) in [6.07, 6.45) is 0.200. The summed E-state index contributed by atoms with van der Waals surface area (Å²) in [6, 6.07) is 3.77. The van der Waals surface area contributed by atoms with Crippen molar-refractivity contribution in [3.8, 4) is 0 Å². The monoisotopic (exact) mass is 532 g/mol. The lowest BCUT2D eigenvalue weighted by atomic mass is 10.2. The van der Waals surface area contributed by atoms with E-state index < -0.39 is 52.0 Å². The molecule has 0 atom stereocenters. The van der Waals surface area contributed by atoms with E-state index in [9.17, 15) is 14.2 Å². The third kappa shape index (κ3) is 10.4. The summed E-state index contributed by atoms with van der Waals surface area (Å²) in [5, 5.41) is 4.20. The molecule has 2 rings (SSSR count). The van der Waals surface area contributed by atoms with Crippen LogP contribution in [-0.4, -0.2) is 65.7 Å². The van der Waals surface area contributed by atoms with Crippen molar-refractivity contribution in [2.24, 2.45) is 0 Å². The van der Waals surface area contributed by atoms with Crippen molar-refractivity contribution in [2.45, 2.75) is 59.2 Å². The lowest BCUT2D eigenvalue weighted by molar-refractivity contribution is -0.0343. The summed E-state index contributed by atoms with van der Waals surface area (Å²) in [6.45, 7) is 5.37. The maximum atomic E-state index is 13.0. The van der Waals surface area contributed by atoms with Gasteiger partial charge in [0, 0.05) is 12.3 Å². The van der Waals surface area contributed by atoms with Crippen LogP contribution in [0, 0.1) is 0 Å². The SMILES string of the molecule is CC(C)OC(=O)OCOP(=O)(COCCCCc1ccc2c(N)ncnn12)OCOC(=O)OC(C)C. The molecule has 0 saturated carbocycles. The Kier molecular flexibility index (Phi) is 11.9. The average Bonchev–Trinajstić information content (AvgIpc) is 3.19. The predicted octanol–water partition coefficient (Wildman–Crippen LogP) is 3.87. The zero-order valence-corrected chi connectivity index (χ0v) is 21.7.